The lowest BCUT2D eigenvalue weighted by Crippen LogP contribution is -2.39. The van der Waals surface area contributed by atoms with Crippen molar-refractivity contribution in [2.75, 3.05) is 26.5 Å². The molecule has 162 valence electrons. The van der Waals surface area contributed by atoms with Crippen molar-refractivity contribution < 1.29 is 26.9 Å². The van der Waals surface area contributed by atoms with Crippen LogP contribution in [0.2, 0.25) is 0 Å². The maximum absolute atomic E-state index is 14.0. The van der Waals surface area contributed by atoms with Crippen LogP contribution in [0, 0.1) is 18.7 Å². The third-order valence-electron chi connectivity index (χ3n) is 6.02. The maximum atomic E-state index is 14.0. The molecule has 4 rings (SSSR count). The third-order valence-corrected chi connectivity index (χ3v) is 7.23. The number of carbonyl (C=O) groups is 1. The van der Waals surface area contributed by atoms with Gasteiger partial charge in [-0.15, -0.1) is 0 Å². The molecule has 0 radical (unpaired) electrons. The normalized spacial score (nSPS) is 26.5. The summed E-state index contributed by atoms with van der Waals surface area (Å²) in [4.78, 5) is 17.0. The lowest BCUT2D eigenvalue weighted by molar-refractivity contribution is 0.0934. The summed E-state index contributed by atoms with van der Waals surface area (Å²) in [6, 6.07) is 3.80. The van der Waals surface area contributed by atoms with Crippen molar-refractivity contribution in [3.05, 3.63) is 41.3 Å². The predicted octanol–water partition coefficient (Wildman–Crippen LogP) is 1.25. The number of halogens is 1. The third kappa shape index (κ3) is 3.56. The molecule has 1 N–H and O–H groups in total. The molecule has 1 aromatic carbocycles. The minimum atomic E-state index is -3.38. The number of sulfonamides is 1. The molecule has 0 spiro atoms. The SMILES string of the molecule is COc1ccc(C(=O)N[C@@H]2C[C@H]3CN(S(C)(=O)=O)C[C@@]3(c3nc(C)no3)C2)cc1F. The van der Waals surface area contributed by atoms with Gasteiger partial charge >= 0.3 is 0 Å². The van der Waals surface area contributed by atoms with E-state index >= 15 is 0 Å². The van der Waals surface area contributed by atoms with Crippen molar-refractivity contribution in [2.24, 2.45) is 5.92 Å². The Balaban J connectivity index is 1.56. The van der Waals surface area contributed by atoms with Gasteiger partial charge in [-0.3, -0.25) is 4.79 Å². The molecule has 2 aliphatic rings. The summed E-state index contributed by atoms with van der Waals surface area (Å²) < 4.78 is 49.9. The van der Waals surface area contributed by atoms with Crippen molar-refractivity contribution in [1.82, 2.24) is 19.8 Å². The number of fused-ring (bicyclic) bond motifs is 1. The van der Waals surface area contributed by atoms with Crippen LogP contribution < -0.4 is 10.1 Å². The number of amides is 1. The van der Waals surface area contributed by atoms with Gasteiger partial charge in [-0.1, -0.05) is 5.16 Å². The van der Waals surface area contributed by atoms with Gasteiger partial charge in [-0.2, -0.15) is 4.98 Å². The number of aryl methyl sites for hydroxylation is 1. The number of aromatic nitrogens is 2. The molecule has 0 bridgehead atoms. The van der Waals surface area contributed by atoms with Gasteiger partial charge in [0.15, 0.2) is 17.4 Å². The number of nitrogens with one attached hydrogen (secondary N) is 1. The van der Waals surface area contributed by atoms with Crippen molar-refractivity contribution in [3.8, 4) is 5.75 Å². The van der Waals surface area contributed by atoms with Crippen LogP contribution >= 0.6 is 0 Å². The van der Waals surface area contributed by atoms with E-state index in [4.69, 9.17) is 9.26 Å². The maximum Gasteiger partial charge on any atom is 0.251 e. The molecule has 0 unspecified atom stereocenters. The Kier molecular flexibility index (Phi) is 5.05. The summed E-state index contributed by atoms with van der Waals surface area (Å²) in [6.07, 6.45) is 2.19. The molecular formula is C19H23FN4O5S. The van der Waals surface area contributed by atoms with Crippen LogP contribution in [0.5, 0.6) is 5.75 Å². The first-order valence-electron chi connectivity index (χ1n) is 9.53. The van der Waals surface area contributed by atoms with E-state index in [0.717, 1.165) is 6.07 Å². The molecule has 2 fully saturated rings. The van der Waals surface area contributed by atoms with Crippen LogP contribution in [0.1, 0.15) is 34.9 Å². The summed E-state index contributed by atoms with van der Waals surface area (Å²) in [5.41, 5.74) is -0.473. The number of benzene rings is 1. The summed E-state index contributed by atoms with van der Waals surface area (Å²) >= 11 is 0. The highest BCUT2D eigenvalue weighted by Crippen LogP contribution is 2.50. The molecule has 11 heteroatoms. The lowest BCUT2D eigenvalue weighted by Gasteiger charge is -2.24. The van der Waals surface area contributed by atoms with Crippen LogP contribution in [-0.4, -0.2) is 61.3 Å². The Morgan fingerprint density at radius 2 is 2.20 bits per heavy atom. The first kappa shape index (κ1) is 20.7. The molecule has 1 amide bonds. The van der Waals surface area contributed by atoms with E-state index < -0.39 is 27.2 Å². The molecule has 1 saturated heterocycles. The highest BCUT2D eigenvalue weighted by Gasteiger charge is 2.59. The second kappa shape index (κ2) is 7.31. The van der Waals surface area contributed by atoms with Crippen molar-refractivity contribution in [2.45, 2.75) is 31.2 Å². The molecule has 9 nitrogen and oxygen atoms in total. The summed E-state index contributed by atoms with van der Waals surface area (Å²) in [6.45, 7) is 2.25. The van der Waals surface area contributed by atoms with Gasteiger partial charge < -0.3 is 14.6 Å². The van der Waals surface area contributed by atoms with Gasteiger partial charge in [0, 0.05) is 24.7 Å². The second-order valence-electron chi connectivity index (χ2n) is 8.01. The lowest BCUT2D eigenvalue weighted by atomic mass is 9.80. The Hall–Kier alpha value is -2.53. The van der Waals surface area contributed by atoms with E-state index in [2.05, 4.69) is 15.5 Å². The average Bonchev–Trinajstić information content (AvgIpc) is 3.33. The number of nitrogens with zero attached hydrogens (tertiary/aromatic N) is 3. The van der Waals surface area contributed by atoms with Crippen LogP contribution in [0.25, 0.3) is 0 Å². The first-order valence-corrected chi connectivity index (χ1v) is 11.4. The van der Waals surface area contributed by atoms with Crippen LogP contribution in [-0.2, 0) is 15.4 Å². The van der Waals surface area contributed by atoms with Gasteiger partial charge in [0.25, 0.3) is 5.91 Å². The first-order chi connectivity index (χ1) is 14.1. The highest BCUT2D eigenvalue weighted by atomic mass is 32.2. The van der Waals surface area contributed by atoms with Crippen LogP contribution in [0.4, 0.5) is 4.39 Å². The van der Waals surface area contributed by atoms with Gasteiger partial charge in [-0.25, -0.2) is 17.1 Å². The Labute approximate surface area is 173 Å². The summed E-state index contributed by atoms with van der Waals surface area (Å²) in [7, 11) is -2.02. The second-order valence-corrected chi connectivity index (χ2v) is 10.00. The Bertz CT molecular complexity index is 1090. The standard InChI is InChI=1S/C19H23FN4O5S/c1-11-21-18(29-23-11)19-8-14(7-13(19)9-24(10-19)30(3,26)27)22-17(25)12-4-5-16(28-2)15(20)6-12/h4-6,13-14H,7-10H2,1-3H3,(H,22,25)/t13-,14+,19-/m0/s1. The fourth-order valence-electron chi connectivity index (χ4n) is 4.59. The molecule has 2 aromatic rings. The number of ether oxygens (including phenoxy) is 1. The number of methoxy groups -OCH3 is 1. The monoisotopic (exact) mass is 438 g/mol. The van der Waals surface area contributed by atoms with E-state index in [1.54, 1.807) is 6.92 Å². The highest BCUT2D eigenvalue weighted by molar-refractivity contribution is 7.88. The molecule has 2 heterocycles. The number of hydrogen-bond acceptors (Lipinski definition) is 7. The van der Waals surface area contributed by atoms with Gasteiger partial charge in [0.1, 0.15) is 0 Å². The zero-order valence-corrected chi connectivity index (χ0v) is 17.7. The molecule has 3 atom stereocenters. The van der Waals surface area contributed by atoms with Gasteiger partial charge in [0.05, 0.1) is 18.8 Å². The van der Waals surface area contributed by atoms with E-state index in [0.29, 0.717) is 31.1 Å². The van der Waals surface area contributed by atoms with Crippen molar-refractivity contribution in [3.63, 3.8) is 0 Å². The average molecular weight is 438 g/mol. The van der Waals surface area contributed by atoms with Gasteiger partial charge in [0.2, 0.25) is 15.9 Å². The fraction of sp³-hybridized carbons (Fsp3) is 0.526. The van der Waals surface area contributed by atoms with E-state index in [1.807, 2.05) is 0 Å². The summed E-state index contributed by atoms with van der Waals surface area (Å²) in [5.74, 6) is -0.174. The molecule has 30 heavy (non-hydrogen) atoms. The Morgan fingerprint density at radius 1 is 1.43 bits per heavy atom. The quantitative estimate of drug-likeness (QED) is 0.747. The number of rotatable bonds is 5. The molecule has 1 aliphatic heterocycles. The largest absolute Gasteiger partial charge is 0.494 e. The van der Waals surface area contributed by atoms with Crippen LogP contribution in [0.15, 0.2) is 22.7 Å². The molecule has 1 aromatic heterocycles. The molecule has 1 saturated carbocycles. The predicted molar refractivity (Wildman–Crippen MR) is 104 cm³/mol. The van der Waals surface area contributed by atoms with E-state index in [-0.39, 0.29) is 29.8 Å². The Morgan fingerprint density at radius 3 is 2.80 bits per heavy atom. The van der Waals surface area contributed by atoms with E-state index in [9.17, 15) is 17.6 Å². The fourth-order valence-corrected chi connectivity index (χ4v) is 5.51. The number of hydrogen-bond donors (Lipinski definition) is 1. The minimum absolute atomic E-state index is 0.0635. The topological polar surface area (TPSA) is 115 Å². The smallest absolute Gasteiger partial charge is 0.251 e. The summed E-state index contributed by atoms with van der Waals surface area (Å²) in [5, 5.41) is 6.81. The van der Waals surface area contributed by atoms with Gasteiger partial charge in [-0.05, 0) is 43.9 Å². The van der Waals surface area contributed by atoms with Crippen molar-refractivity contribution in [1.29, 1.82) is 0 Å². The zero-order chi connectivity index (χ0) is 21.7. The van der Waals surface area contributed by atoms with Crippen molar-refractivity contribution >= 4 is 15.9 Å². The number of carbonyl (C=O) groups excluding carboxylic acids is 1. The minimum Gasteiger partial charge on any atom is -0.494 e. The zero-order valence-electron chi connectivity index (χ0n) is 16.9. The molecule has 1 aliphatic carbocycles. The van der Waals surface area contributed by atoms with E-state index in [1.165, 1.54) is 29.8 Å². The van der Waals surface area contributed by atoms with Crippen LogP contribution in [0.3, 0.4) is 0 Å². The molecular weight excluding hydrogens is 415 g/mol.